The van der Waals surface area contributed by atoms with Crippen LogP contribution in [-0.4, -0.2) is 96.7 Å². The molecule has 0 radical (unpaired) electrons. The van der Waals surface area contributed by atoms with Gasteiger partial charge >= 0.3 is 39.5 Å². The van der Waals surface area contributed by atoms with E-state index in [0.717, 1.165) is 108 Å². The quantitative estimate of drug-likeness (QED) is 0.0222. The summed E-state index contributed by atoms with van der Waals surface area (Å²) >= 11 is 0. The highest BCUT2D eigenvalue weighted by atomic mass is 31.2. The lowest BCUT2D eigenvalue weighted by molar-refractivity contribution is -0.161. The Bertz CT molecular complexity index is 1900. The average Bonchev–Trinajstić information content (AvgIpc) is 1.05. The van der Waals surface area contributed by atoms with Crippen molar-refractivity contribution in [1.82, 2.24) is 0 Å². The number of esters is 4. The molecule has 0 aromatic heterocycles. The summed E-state index contributed by atoms with van der Waals surface area (Å²) in [6.07, 6.45) is 56.7. The van der Waals surface area contributed by atoms with Gasteiger partial charge in [0.2, 0.25) is 0 Å². The smallest absolute Gasteiger partial charge is 0.462 e. The number of carbonyl (C=O) groups is 4. The van der Waals surface area contributed by atoms with Gasteiger partial charge in [0.25, 0.3) is 0 Å². The standard InChI is InChI=1S/C79H154O17P2/c1-8-9-10-11-12-13-14-15-20-26-33-41-48-55-62-78(83)96-75(67-90-77(82)61-54-47-40-35-28-31-38-45-52-59-72(6)7)69-94-98(87,88)92-65-73(80)64-91-97(85,86)93-68-74(95-79(84)63-56-49-42-34-27-22-17-19-24-30-37-44-51-58-71(4)5)66-89-76(81)60-53-46-39-32-25-21-16-18-23-29-36-43-50-57-70(2)3/h70-75,80H,8-69H2,1-7H3,(H,85,86)(H,87,88)/t73-,74-,75-/m1/s1. The lowest BCUT2D eigenvalue weighted by atomic mass is 10.0. The second kappa shape index (κ2) is 69.4. The Morgan fingerprint density at radius 2 is 0.469 bits per heavy atom. The fourth-order valence-electron chi connectivity index (χ4n) is 12.1. The van der Waals surface area contributed by atoms with Gasteiger partial charge in [-0.2, -0.15) is 0 Å². The van der Waals surface area contributed by atoms with Crippen molar-refractivity contribution in [2.75, 3.05) is 39.6 Å². The Morgan fingerprint density at radius 1 is 0.276 bits per heavy atom. The second-order valence-corrected chi connectivity index (χ2v) is 32.8. The molecule has 2 unspecified atom stereocenters. The van der Waals surface area contributed by atoms with Gasteiger partial charge in [-0.1, -0.05) is 357 Å². The number of ether oxygens (including phenoxy) is 4. The van der Waals surface area contributed by atoms with Crippen LogP contribution in [0.15, 0.2) is 0 Å². The molecule has 0 heterocycles. The number of aliphatic hydroxyl groups is 1. The van der Waals surface area contributed by atoms with Crippen LogP contribution >= 0.6 is 15.6 Å². The number of unbranched alkanes of at least 4 members (excludes halogenated alkanes) is 45. The van der Waals surface area contributed by atoms with Crippen molar-refractivity contribution in [3.63, 3.8) is 0 Å². The van der Waals surface area contributed by atoms with E-state index in [0.29, 0.717) is 25.7 Å². The molecule has 0 spiro atoms. The van der Waals surface area contributed by atoms with Crippen LogP contribution in [0.4, 0.5) is 0 Å². The van der Waals surface area contributed by atoms with Crippen molar-refractivity contribution >= 4 is 39.5 Å². The molecular formula is C79H154O17P2. The molecule has 0 aliphatic rings. The monoisotopic (exact) mass is 1440 g/mol. The lowest BCUT2D eigenvalue weighted by Crippen LogP contribution is -2.30. The van der Waals surface area contributed by atoms with Gasteiger partial charge in [0.1, 0.15) is 19.3 Å². The predicted molar refractivity (Wildman–Crippen MR) is 400 cm³/mol. The molecule has 0 fully saturated rings. The van der Waals surface area contributed by atoms with E-state index in [2.05, 4.69) is 48.5 Å². The molecule has 0 aromatic carbocycles. The summed E-state index contributed by atoms with van der Waals surface area (Å²) in [6, 6.07) is 0. The molecule has 0 saturated heterocycles. The molecule has 5 atom stereocenters. The van der Waals surface area contributed by atoms with Crippen LogP contribution in [0.2, 0.25) is 0 Å². The van der Waals surface area contributed by atoms with Gasteiger partial charge in [0.05, 0.1) is 26.4 Å². The number of phosphoric acid groups is 2. The van der Waals surface area contributed by atoms with E-state index < -0.39 is 97.5 Å². The number of aliphatic hydroxyl groups excluding tert-OH is 1. The SMILES string of the molecule is CCCCCCCCCCCCCCCCC(=O)O[C@H](COC(=O)CCCCCCCCCCCC(C)C)COP(=O)(O)OC[C@H](O)COP(=O)(O)OC[C@@H](COC(=O)CCCCCCCCCCCCCCCC(C)C)OC(=O)CCCCCCCCCCCCCCCC(C)C. The molecule has 0 saturated carbocycles. The van der Waals surface area contributed by atoms with Crippen LogP contribution in [0.1, 0.15) is 408 Å². The van der Waals surface area contributed by atoms with Crippen LogP contribution in [0.3, 0.4) is 0 Å². The van der Waals surface area contributed by atoms with Gasteiger partial charge in [0, 0.05) is 25.7 Å². The lowest BCUT2D eigenvalue weighted by Gasteiger charge is -2.21. The molecule has 19 heteroatoms. The van der Waals surface area contributed by atoms with Crippen LogP contribution in [0.25, 0.3) is 0 Å². The number of phosphoric ester groups is 2. The number of carbonyl (C=O) groups excluding carboxylic acids is 4. The molecule has 0 aliphatic carbocycles. The van der Waals surface area contributed by atoms with Crippen LogP contribution < -0.4 is 0 Å². The van der Waals surface area contributed by atoms with Gasteiger partial charge < -0.3 is 33.8 Å². The minimum absolute atomic E-state index is 0.107. The first-order valence-corrected chi connectivity index (χ1v) is 43.8. The van der Waals surface area contributed by atoms with E-state index in [4.69, 9.17) is 37.0 Å². The van der Waals surface area contributed by atoms with Gasteiger partial charge in [-0.25, -0.2) is 9.13 Å². The van der Waals surface area contributed by atoms with Gasteiger partial charge in [-0.05, 0) is 43.4 Å². The van der Waals surface area contributed by atoms with Crippen molar-refractivity contribution in [2.45, 2.75) is 426 Å². The van der Waals surface area contributed by atoms with Crippen molar-refractivity contribution in [2.24, 2.45) is 17.8 Å². The average molecular weight is 1440 g/mol. The summed E-state index contributed by atoms with van der Waals surface area (Å²) in [6.45, 7) is 11.9. The highest BCUT2D eigenvalue weighted by Gasteiger charge is 2.30. The topological polar surface area (TPSA) is 237 Å². The van der Waals surface area contributed by atoms with E-state index in [1.165, 1.54) is 218 Å². The summed E-state index contributed by atoms with van der Waals surface area (Å²) < 4.78 is 68.7. The van der Waals surface area contributed by atoms with E-state index in [9.17, 15) is 43.2 Å². The Morgan fingerprint density at radius 3 is 0.694 bits per heavy atom. The summed E-state index contributed by atoms with van der Waals surface area (Å²) in [7, 11) is -9.92. The first-order valence-electron chi connectivity index (χ1n) is 40.8. The van der Waals surface area contributed by atoms with E-state index in [1.54, 1.807) is 0 Å². The van der Waals surface area contributed by atoms with Crippen LogP contribution in [0, 0.1) is 17.8 Å². The molecule has 0 bridgehead atoms. The fraction of sp³-hybridized carbons (Fsp3) is 0.949. The molecule has 3 N–H and O–H groups in total. The van der Waals surface area contributed by atoms with Crippen LogP contribution in [0.5, 0.6) is 0 Å². The van der Waals surface area contributed by atoms with E-state index in [-0.39, 0.29) is 25.7 Å². The highest BCUT2D eigenvalue weighted by Crippen LogP contribution is 2.45. The summed E-state index contributed by atoms with van der Waals surface area (Å²) in [4.78, 5) is 73.0. The first-order chi connectivity index (χ1) is 47.2. The number of hydrogen-bond donors (Lipinski definition) is 3. The second-order valence-electron chi connectivity index (χ2n) is 29.9. The summed E-state index contributed by atoms with van der Waals surface area (Å²) in [5.74, 6) is 0.210. The van der Waals surface area contributed by atoms with Crippen molar-refractivity contribution < 1.29 is 80.2 Å². The minimum Gasteiger partial charge on any atom is -0.462 e. The third kappa shape index (κ3) is 72.4. The largest absolute Gasteiger partial charge is 0.472 e. The zero-order chi connectivity index (χ0) is 72.3. The highest BCUT2D eigenvalue weighted by molar-refractivity contribution is 7.47. The van der Waals surface area contributed by atoms with E-state index in [1.807, 2.05) is 0 Å². The molecule has 582 valence electrons. The maximum atomic E-state index is 13.1. The Kier molecular flexibility index (Phi) is 68.1. The minimum atomic E-state index is -4.96. The molecule has 98 heavy (non-hydrogen) atoms. The number of rotatable bonds is 77. The van der Waals surface area contributed by atoms with Gasteiger partial charge in [-0.15, -0.1) is 0 Å². The maximum Gasteiger partial charge on any atom is 0.472 e. The van der Waals surface area contributed by atoms with Crippen molar-refractivity contribution in [3.8, 4) is 0 Å². The summed E-state index contributed by atoms with van der Waals surface area (Å²) in [5, 5.41) is 10.6. The molecule has 17 nitrogen and oxygen atoms in total. The zero-order valence-corrected chi connectivity index (χ0v) is 66.0. The van der Waals surface area contributed by atoms with Gasteiger partial charge in [-0.3, -0.25) is 37.3 Å². The molecular weight excluding hydrogens is 1280 g/mol. The maximum absolute atomic E-state index is 13.1. The molecule has 0 aliphatic heterocycles. The Balaban J connectivity index is 5.27. The third-order valence-electron chi connectivity index (χ3n) is 18.4. The van der Waals surface area contributed by atoms with E-state index >= 15 is 0 Å². The van der Waals surface area contributed by atoms with Gasteiger partial charge in [0.15, 0.2) is 12.2 Å². The summed E-state index contributed by atoms with van der Waals surface area (Å²) in [5.41, 5.74) is 0. The molecule has 0 rings (SSSR count). The number of hydrogen-bond acceptors (Lipinski definition) is 15. The van der Waals surface area contributed by atoms with Crippen LogP contribution in [-0.2, 0) is 65.4 Å². The van der Waals surface area contributed by atoms with Crippen molar-refractivity contribution in [3.05, 3.63) is 0 Å². The zero-order valence-electron chi connectivity index (χ0n) is 64.3. The normalized spacial score (nSPS) is 14.0. The first kappa shape index (κ1) is 96.1. The predicted octanol–water partition coefficient (Wildman–Crippen LogP) is 23.4. The third-order valence-corrected chi connectivity index (χ3v) is 20.3. The van der Waals surface area contributed by atoms with Crippen molar-refractivity contribution in [1.29, 1.82) is 0 Å². The fourth-order valence-corrected chi connectivity index (χ4v) is 13.7. The molecule has 0 aromatic rings. The Labute approximate surface area is 600 Å². The Hall–Kier alpha value is -1.94. The molecule has 0 amide bonds.